The molecule has 0 aliphatic carbocycles. The zero-order chi connectivity index (χ0) is 13.9. The Hall–Kier alpha value is -1.17. The summed E-state index contributed by atoms with van der Waals surface area (Å²) in [6.45, 7) is 0. The van der Waals surface area contributed by atoms with Crippen molar-refractivity contribution in [2.75, 3.05) is 12.4 Å². The molecule has 0 heterocycles. The highest BCUT2D eigenvalue weighted by Gasteiger charge is 2.31. The van der Waals surface area contributed by atoms with Crippen LogP contribution in [0.5, 0.6) is 5.75 Å². The van der Waals surface area contributed by atoms with E-state index in [4.69, 9.17) is 44.6 Å². The van der Waals surface area contributed by atoms with Crippen molar-refractivity contribution in [2.24, 2.45) is 0 Å². The van der Waals surface area contributed by atoms with Crippen molar-refractivity contribution in [3.05, 3.63) is 23.8 Å². The molecular formula is C10H8Cl3NO4. The minimum absolute atomic E-state index is 0.0320. The number of aromatic carboxylic acids is 1. The molecule has 1 rings (SSSR count). The Morgan fingerprint density at radius 1 is 1.33 bits per heavy atom. The fraction of sp³-hybridized carbons (Fsp3) is 0.200. The van der Waals surface area contributed by atoms with Gasteiger partial charge in [0.1, 0.15) is 5.75 Å². The molecule has 1 aromatic carbocycles. The molecule has 0 fully saturated rings. The van der Waals surface area contributed by atoms with Gasteiger partial charge in [0.25, 0.3) is 9.70 Å². The van der Waals surface area contributed by atoms with Gasteiger partial charge in [0.15, 0.2) is 0 Å². The number of carbonyl (C=O) groups excluding carboxylic acids is 1. The van der Waals surface area contributed by atoms with Crippen LogP contribution in [0.1, 0.15) is 10.4 Å². The minimum Gasteiger partial charge on any atom is -0.495 e. The lowest BCUT2D eigenvalue weighted by molar-refractivity contribution is -0.115. The summed E-state index contributed by atoms with van der Waals surface area (Å²) in [5, 5.41) is 11.1. The number of hydrogen-bond acceptors (Lipinski definition) is 3. The fourth-order valence-electron chi connectivity index (χ4n) is 1.13. The van der Waals surface area contributed by atoms with Crippen LogP contribution >= 0.6 is 34.8 Å². The van der Waals surface area contributed by atoms with E-state index >= 15 is 0 Å². The van der Waals surface area contributed by atoms with Crippen LogP contribution in [0.25, 0.3) is 0 Å². The number of methoxy groups -OCH3 is 1. The maximum absolute atomic E-state index is 11.5. The number of rotatable bonds is 3. The van der Waals surface area contributed by atoms with E-state index in [1.165, 1.54) is 25.3 Å². The van der Waals surface area contributed by atoms with E-state index < -0.39 is 15.7 Å². The second-order valence-electron chi connectivity index (χ2n) is 3.17. The molecule has 8 heteroatoms. The first-order valence-electron chi connectivity index (χ1n) is 4.55. The van der Waals surface area contributed by atoms with Gasteiger partial charge in [0.05, 0.1) is 18.4 Å². The van der Waals surface area contributed by atoms with Gasteiger partial charge in [0, 0.05) is 0 Å². The second kappa shape index (κ2) is 5.65. The molecule has 0 aliphatic rings. The molecular weight excluding hydrogens is 304 g/mol. The summed E-state index contributed by atoms with van der Waals surface area (Å²) in [7, 11) is 1.36. The number of ether oxygens (including phenoxy) is 1. The van der Waals surface area contributed by atoms with Crippen molar-refractivity contribution in [3.8, 4) is 5.75 Å². The first-order chi connectivity index (χ1) is 8.25. The maximum atomic E-state index is 11.5. The third kappa shape index (κ3) is 3.66. The van der Waals surface area contributed by atoms with Gasteiger partial charge in [-0.3, -0.25) is 4.79 Å². The topological polar surface area (TPSA) is 75.6 Å². The molecule has 5 nitrogen and oxygen atoms in total. The highest BCUT2D eigenvalue weighted by atomic mass is 35.6. The molecule has 0 bridgehead atoms. The van der Waals surface area contributed by atoms with Gasteiger partial charge in [-0.15, -0.1) is 0 Å². The first-order valence-corrected chi connectivity index (χ1v) is 5.68. The van der Waals surface area contributed by atoms with Crippen molar-refractivity contribution in [1.29, 1.82) is 0 Å². The molecule has 2 N–H and O–H groups in total. The predicted octanol–water partition coefficient (Wildman–Crippen LogP) is 2.70. The lowest BCUT2D eigenvalue weighted by Crippen LogP contribution is -2.27. The Morgan fingerprint density at radius 3 is 2.39 bits per heavy atom. The van der Waals surface area contributed by atoms with Gasteiger partial charge in [-0.05, 0) is 18.2 Å². The number of benzene rings is 1. The quantitative estimate of drug-likeness (QED) is 0.841. The zero-order valence-corrected chi connectivity index (χ0v) is 11.3. The van der Waals surface area contributed by atoms with Crippen LogP contribution in [-0.2, 0) is 4.79 Å². The Bertz CT molecular complexity index is 485. The highest BCUT2D eigenvalue weighted by Crippen LogP contribution is 2.31. The number of carboxylic acid groups (broad SMARTS) is 1. The third-order valence-corrected chi connectivity index (χ3v) is 2.47. The number of nitrogens with one attached hydrogen (secondary N) is 1. The van der Waals surface area contributed by atoms with Gasteiger partial charge < -0.3 is 15.2 Å². The normalized spacial score (nSPS) is 10.9. The van der Waals surface area contributed by atoms with Crippen LogP contribution < -0.4 is 10.1 Å². The fourth-order valence-corrected chi connectivity index (χ4v) is 1.27. The van der Waals surface area contributed by atoms with E-state index in [0.717, 1.165) is 0 Å². The van der Waals surface area contributed by atoms with E-state index in [1.54, 1.807) is 0 Å². The summed E-state index contributed by atoms with van der Waals surface area (Å²) >= 11 is 16.2. The van der Waals surface area contributed by atoms with Crippen LogP contribution in [0.4, 0.5) is 5.69 Å². The average Bonchev–Trinajstić information content (AvgIpc) is 2.27. The molecule has 98 valence electrons. The summed E-state index contributed by atoms with van der Waals surface area (Å²) in [6, 6.07) is 3.92. The molecule has 0 radical (unpaired) electrons. The van der Waals surface area contributed by atoms with Crippen LogP contribution in [-0.4, -0.2) is 27.9 Å². The van der Waals surface area contributed by atoms with E-state index in [-0.39, 0.29) is 17.0 Å². The molecule has 0 aliphatic heterocycles. The molecule has 1 aromatic rings. The monoisotopic (exact) mass is 311 g/mol. The van der Waals surface area contributed by atoms with E-state index in [0.29, 0.717) is 0 Å². The van der Waals surface area contributed by atoms with Crippen molar-refractivity contribution in [3.63, 3.8) is 0 Å². The van der Waals surface area contributed by atoms with Crippen molar-refractivity contribution in [2.45, 2.75) is 3.79 Å². The Kier molecular flexibility index (Phi) is 4.67. The summed E-state index contributed by atoms with van der Waals surface area (Å²) in [5.41, 5.74) is 0.0733. The SMILES string of the molecule is COc1ccc(C(=O)O)cc1NC(=O)C(Cl)(Cl)Cl. The Morgan fingerprint density at radius 2 is 1.94 bits per heavy atom. The van der Waals surface area contributed by atoms with Crippen LogP contribution in [0.2, 0.25) is 0 Å². The average molecular weight is 313 g/mol. The molecule has 0 saturated carbocycles. The number of hydrogen-bond donors (Lipinski definition) is 2. The van der Waals surface area contributed by atoms with E-state index in [2.05, 4.69) is 5.32 Å². The zero-order valence-electron chi connectivity index (χ0n) is 9.04. The van der Waals surface area contributed by atoms with Crippen molar-refractivity contribution in [1.82, 2.24) is 0 Å². The maximum Gasteiger partial charge on any atom is 0.335 e. The predicted molar refractivity (Wildman–Crippen MR) is 68.9 cm³/mol. The standard InChI is InChI=1S/C10H8Cl3NO4/c1-18-7-3-2-5(8(15)16)4-6(7)14-9(17)10(11,12)13/h2-4H,1H3,(H,14,17)(H,15,16). The summed E-state index contributed by atoms with van der Waals surface area (Å²) in [4.78, 5) is 22.3. The van der Waals surface area contributed by atoms with Crippen molar-refractivity contribution < 1.29 is 19.4 Å². The number of amides is 1. The van der Waals surface area contributed by atoms with Gasteiger partial charge in [-0.2, -0.15) is 0 Å². The lowest BCUT2D eigenvalue weighted by atomic mass is 10.2. The Labute approximate surface area is 118 Å². The molecule has 0 unspecified atom stereocenters. The van der Waals surface area contributed by atoms with Gasteiger partial charge >= 0.3 is 5.97 Å². The lowest BCUT2D eigenvalue weighted by Gasteiger charge is -2.14. The first kappa shape index (κ1) is 14.9. The number of alkyl halides is 3. The molecule has 18 heavy (non-hydrogen) atoms. The number of carboxylic acids is 1. The molecule has 0 aromatic heterocycles. The van der Waals surface area contributed by atoms with Crippen LogP contribution in [0.15, 0.2) is 18.2 Å². The van der Waals surface area contributed by atoms with Crippen LogP contribution in [0, 0.1) is 0 Å². The largest absolute Gasteiger partial charge is 0.495 e. The van der Waals surface area contributed by atoms with E-state index in [9.17, 15) is 9.59 Å². The van der Waals surface area contributed by atoms with Gasteiger partial charge in [-0.1, -0.05) is 34.8 Å². The number of carbonyl (C=O) groups is 2. The number of anilines is 1. The summed E-state index contributed by atoms with van der Waals surface area (Å²) in [5.74, 6) is -1.81. The molecule has 0 saturated heterocycles. The highest BCUT2D eigenvalue weighted by molar-refractivity contribution is 6.76. The van der Waals surface area contributed by atoms with Gasteiger partial charge in [0.2, 0.25) is 0 Å². The minimum atomic E-state index is -2.15. The van der Waals surface area contributed by atoms with Gasteiger partial charge in [-0.25, -0.2) is 4.79 Å². The van der Waals surface area contributed by atoms with Crippen LogP contribution in [0.3, 0.4) is 0 Å². The molecule has 0 spiro atoms. The smallest absolute Gasteiger partial charge is 0.335 e. The second-order valence-corrected chi connectivity index (χ2v) is 5.45. The summed E-state index contributed by atoms with van der Waals surface area (Å²) < 4.78 is 2.81. The third-order valence-electron chi connectivity index (χ3n) is 1.95. The molecule has 0 atom stereocenters. The number of halogens is 3. The Balaban J connectivity index is 3.09. The van der Waals surface area contributed by atoms with E-state index in [1.807, 2.05) is 0 Å². The summed E-state index contributed by atoms with van der Waals surface area (Å²) in [6.07, 6.45) is 0. The van der Waals surface area contributed by atoms with Crippen molar-refractivity contribution >= 4 is 52.4 Å². The molecule has 1 amide bonds.